The van der Waals surface area contributed by atoms with Gasteiger partial charge in [0, 0.05) is 45.7 Å². The minimum atomic E-state index is -0.862. The lowest BCUT2D eigenvalue weighted by molar-refractivity contribution is -0.139. The van der Waals surface area contributed by atoms with E-state index in [0.717, 1.165) is 32.7 Å². The first kappa shape index (κ1) is 15.9. The second kappa shape index (κ2) is 7.45. The van der Waals surface area contributed by atoms with Gasteiger partial charge in [-0.1, -0.05) is 13.8 Å². The molecule has 0 bridgehead atoms. The van der Waals surface area contributed by atoms with Gasteiger partial charge in [0.05, 0.1) is 6.42 Å². The Morgan fingerprint density at radius 2 is 1.89 bits per heavy atom. The molecule has 6 heteroatoms. The summed E-state index contributed by atoms with van der Waals surface area (Å²) in [6.45, 7) is 9.11. The molecule has 1 aliphatic heterocycles. The summed E-state index contributed by atoms with van der Waals surface area (Å²) in [5.41, 5.74) is -0.495. The highest BCUT2D eigenvalue weighted by atomic mass is 16.4. The van der Waals surface area contributed by atoms with E-state index in [0.29, 0.717) is 6.54 Å². The SMILES string of the molecule is CC(C)(CC(=O)O)CC(=O)NCCN1CCNCC1. The van der Waals surface area contributed by atoms with Gasteiger partial charge >= 0.3 is 5.97 Å². The summed E-state index contributed by atoms with van der Waals surface area (Å²) in [7, 11) is 0. The number of hydrogen-bond donors (Lipinski definition) is 3. The van der Waals surface area contributed by atoms with Gasteiger partial charge in [-0.05, 0) is 5.41 Å². The lowest BCUT2D eigenvalue weighted by atomic mass is 9.85. The maximum atomic E-state index is 11.7. The number of carbonyl (C=O) groups excluding carboxylic acids is 1. The molecule has 1 aliphatic rings. The second-order valence-corrected chi connectivity index (χ2v) is 5.85. The Bertz CT molecular complexity index is 312. The van der Waals surface area contributed by atoms with Crippen molar-refractivity contribution in [3.8, 4) is 0 Å². The molecule has 0 spiro atoms. The Labute approximate surface area is 114 Å². The fraction of sp³-hybridized carbons (Fsp3) is 0.846. The average Bonchev–Trinajstić information content (AvgIpc) is 2.27. The number of aliphatic carboxylic acids is 1. The van der Waals surface area contributed by atoms with Gasteiger partial charge in [-0.3, -0.25) is 14.5 Å². The van der Waals surface area contributed by atoms with Crippen molar-refractivity contribution >= 4 is 11.9 Å². The molecule has 0 radical (unpaired) electrons. The molecular formula is C13H25N3O3. The van der Waals surface area contributed by atoms with Crippen molar-refractivity contribution in [2.45, 2.75) is 26.7 Å². The number of carboxylic acids is 1. The summed E-state index contributed by atoms with van der Waals surface area (Å²) >= 11 is 0. The molecule has 1 rings (SSSR count). The lowest BCUT2D eigenvalue weighted by Gasteiger charge is -2.27. The molecule has 1 heterocycles. The van der Waals surface area contributed by atoms with Crippen LogP contribution in [0.3, 0.4) is 0 Å². The number of carbonyl (C=O) groups is 2. The number of carboxylic acid groups (broad SMARTS) is 1. The molecule has 110 valence electrons. The summed E-state index contributed by atoms with van der Waals surface area (Å²) in [5.74, 6) is -0.931. The monoisotopic (exact) mass is 271 g/mol. The topological polar surface area (TPSA) is 81.7 Å². The first-order valence-corrected chi connectivity index (χ1v) is 6.81. The van der Waals surface area contributed by atoms with Crippen molar-refractivity contribution in [2.24, 2.45) is 5.41 Å². The van der Waals surface area contributed by atoms with Crippen LogP contribution in [0.5, 0.6) is 0 Å². The average molecular weight is 271 g/mol. The highest BCUT2D eigenvalue weighted by molar-refractivity contribution is 5.77. The standard InChI is InChI=1S/C13H25N3O3/c1-13(2,10-12(18)19)9-11(17)15-5-8-16-6-3-14-4-7-16/h14H,3-10H2,1-2H3,(H,15,17)(H,18,19). The number of nitrogens with zero attached hydrogens (tertiary/aromatic N) is 1. The minimum Gasteiger partial charge on any atom is -0.481 e. The molecule has 3 N–H and O–H groups in total. The van der Waals surface area contributed by atoms with E-state index in [2.05, 4.69) is 15.5 Å². The van der Waals surface area contributed by atoms with Crippen molar-refractivity contribution < 1.29 is 14.7 Å². The summed E-state index contributed by atoms with van der Waals surface area (Å²) < 4.78 is 0. The number of nitrogens with one attached hydrogen (secondary N) is 2. The highest BCUT2D eigenvalue weighted by Crippen LogP contribution is 2.24. The molecule has 0 aromatic rings. The number of amides is 1. The Balaban J connectivity index is 2.18. The Morgan fingerprint density at radius 3 is 2.47 bits per heavy atom. The van der Waals surface area contributed by atoms with Gasteiger partial charge in [0.1, 0.15) is 0 Å². The third-order valence-electron chi connectivity index (χ3n) is 3.23. The van der Waals surface area contributed by atoms with E-state index in [4.69, 9.17) is 5.11 Å². The Morgan fingerprint density at radius 1 is 1.26 bits per heavy atom. The van der Waals surface area contributed by atoms with E-state index in [1.165, 1.54) is 0 Å². The van der Waals surface area contributed by atoms with Crippen LogP contribution in [0.4, 0.5) is 0 Å². The largest absolute Gasteiger partial charge is 0.481 e. The van der Waals surface area contributed by atoms with Crippen molar-refractivity contribution in [3.63, 3.8) is 0 Å². The molecule has 0 atom stereocenters. The summed E-state index contributed by atoms with van der Waals surface area (Å²) in [6.07, 6.45) is 0.263. The van der Waals surface area contributed by atoms with Gasteiger partial charge in [0.15, 0.2) is 0 Å². The molecule has 1 saturated heterocycles. The van der Waals surface area contributed by atoms with E-state index >= 15 is 0 Å². The minimum absolute atomic E-state index is 0.0121. The van der Waals surface area contributed by atoms with Crippen LogP contribution in [-0.4, -0.2) is 61.2 Å². The molecule has 0 aromatic carbocycles. The van der Waals surface area contributed by atoms with Crippen LogP contribution >= 0.6 is 0 Å². The van der Waals surface area contributed by atoms with Crippen LogP contribution in [0.25, 0.3) is 0 Å². The van der Waals surface area contributed by atoms with E-state index in [1.807, 2.05) is 0 Å². The third kappa shape index (κ3) is 7.12. The van der Waals surface area contributed by atoms with Gasteiger partial charge < -0.3 is 15.7 Å². The first-order chi connectivity index (χ1) is 8.89. The number of hydrogen-bond acceptors (Lipinski definition) is 4. The maximum Gasteiger partial charge on any atom is 0.303 e. The fourth-order valence-corrected chi connectivity index (χ4v) is 2.26. The van der Waals surface area contributed by atoms with Crippen molar-refractivity contribution in [1.82, 2.24) is 15.5 Å². The summed E-state index contributed by atoms with van der Waals surface area (Å²) in [4.78, 5) is 24.7. The van der Waals surface area contributed by atoms with Crippen LogP contribution in [0, 0.1) is 5.41 Å². The second-order valence-electron chi connectivity index (χ2n) is 5.85. The molecule has 0 saturated carbocycles. The first-order valence-electron chi connectivity index (χ1n) is 6.81. The quantitative estimate of drug-likeness (QED) is 0.602. The Kier molecular flexibility index (Phi) is 6.24. The molecule has 0 aliphatic carbocycles. The summed E-state index contributed by atoms with van der Waals surface area (Å²) in [6, 6.07) is 0. The molecule has 1 amide bonds. The van der Waals surface area contributed by atoms with Gasteiger partial charge in [-0.2, -0.15) is 0 Å². The fourth-order valence-electron chi connectivity index (χ4n) is 2.26. The zero-order valence-electron chi connectivity index (χ0n) is 11.9. The molecule has 0 aromatic heterocycles. The van der Waals surface area contributed by atoms with Crippen LogP contribution in [-0.2, 0) is 9.59 Å². The van der Waals surface area contributed by atoms with Gasteiger partial charge in [0.2, 0.25) is 5.91 Å². The molecule has 6 nitrogen and oxygen atoms in total. The zero-order chi connectivity index (χ0) is 14.3. The summed E-state index contributed by atoms with van der Waals surface area (Å²) in [5, 5.41) is 14.9. The number of rotatable bonds is 7. The van der Waals surface area contributed by atoms with Crippen LogP contribution in [0.2, 0.25) is 0 Å². The van der Waals surface area contributed by atoms with E-state index in [-0.39, 0.29) is 18.7 Å². The smallest absolute Gasteiger partial charge is 0.303 e. The van der Waals surface area contributed by atoms with Crippen molar-refractivity contribution in [3.05, 3.63) is 0 Å². The van der Waals surface area contributed by atoms with Gasteiger partial charge in [-0.25, -0.2) is 0 Å². The maximum absolute atomic E-state index is 11.7. The predicted molar refractivity (Wildman–Crippen MR) is 73.0 cm³/mol. The van der Waals surface area contributed by atoms with Crippen molar-refractivity contribution in [1.29, 1.82) is 0 Å². The zero-order valence-corrected chi connectivity index (χ0v) is 11.9. The molecule has 19 heavy (non-hydrogen) atoms. The van der Waals surface area contributed by atoms with E-state index in [9.17, 15) is 9.59 Å². The highest BCUT2D eigenvalue weighted by Gasteiger charge is 2.25. The van der Waals surface area contributed by atoms with Crippen LogP contribution < -0.4 is 10.6 Å². The predicted octanol–water partition coefficient (Wildman–Crippen LogP) is -0.101. The van der Waals surface area contributed by atoms with Gasteiger partial charge in [0.25, 0.3) is 0 Å². The molecule has 0 unspecified atom stereocenters. The molecular weight excluding hydrogens is 246 g/mol. The van der Waals surface area contributed by atoms with Crippen molar-refractivity contribution in [2.75, 3.05) is 39.3 Å². The Hall–Kier alpha value is -1.14. The normalized spacial score (nSPS) is 17.2. The third-order valence-corrected chi connectivity index (χ3v) is 3.23. The van der Waals surface area contributed by atoms with Gasteiger partial charge in [-0.15, -0.1) is 0 Å². The number of piperazine rings is 1. The lowest BCUT2D eigenvalue weighted by Crippen LogP contribution is -2.46. The van der Waals surface area contributed by atoms with E-state index in [1.54, 1.807) is 13.8 Å². The van der Waals surface area contributed by atoms with Crippen LogP contribution in [0.1, 0.15) is 26.7 Å². The van der Waals surface area contributed by atoms with Crippen LogP contribution in [0.15, 0.2) is 0 Å². The van der Waals surface area contributed by atoms with E-state index < -0.39 is 11.4 Å². The molecule has 1 fully saturated rings.